The first-order valence-corrected chi connectivity index (χ1v) is 10.2. The number of methoxy groups -OCH3 is 1. The SMILES string of the molecule is C=Cc1ccc(C2(C#N)CCN(CCC(=O)OC)CC2)cc1OC1CCCC1. The van der Waals surface area contributed by atoms with Gasteiger partial charge >= 0.3 is 5.97 Å². The fraction of sp³-hybridized carbons (Fsp3) is 0.565. The first-order valence-electron chi connectivity index (χ1n) is 10.2. The Morgan fingerprint density at radius 1 is 1.36 bits per heavy atom. The number of piperidine rings is 1. The molecular weight excluding hydrogens is 352 g/mol. The zero-order chi connectivity index (χ0) is 20.0. The van der Waals surface area contributed by atoms with Crippen molar-refractivity contribution in [1.82, 2.24) is 4.90 Å². The van der Waals surface area contributed by atoms with Gasteiger partial charge in [-0.15, -0.1) is 0 Å². The Morgan fingerprint density at radius 2 is 2.07 bits per heavy atom. The fourth-order valence-electron chi connectivity index (χ4n) is 4.26. The van der Waals surface area contributed by atoms with Crippen LogP contribution in [0.1, 0.15) is 56.1 Å². The monoisotopic (exact) mass is 382 g/mol. The third kappa shape index (κ3) is 4.56. The minimum atomic E-state index is -0.505. The zero-order valence-corrected chi connectivity index (χ0v) is 16.8. The molecule has 0 N–H and O–H groups in total. The first kappa shape index (κ1) is 20.4. The quantitative estimate of drug-likeness (QED) is 0.665. The average molecular weight is 383 g/mol. The van der Waals surface area contributed by atoms with Gasteiger partial charge in [-0.2, -0.15) is 5.26 Å². The summed E-state index contributed by atoms with van der Waals surface area (Å²) in [6.07, 6.45) is 8.62. The van der Waals surface area contributed by atoms with Crippen molar-refractivity contribution in [3.63, 3.8) is 0 Å². The molecule has 5 heteroatoms. The van der Waals surface area contributed by atoms with Gasteiger partial charge in [-0.3, -0.25) is 4.79 Å². The number of likely N-dealkylation sites (tertiary alicyclic amines) is 1. The molecule has 1 saturated heterocycles. The maximum Gasteiger partial charge on any atom is 0.306 e. The molecule has 0 aromatic heterocycles. The molecule has 0 atom stereocenters. The van der Waals surface area contributed by atoms with Crippen molar-refractivity contribution >= 4 is 12.0 Å². The number of carbonyl (C=O) groups excluding carboxylic acids is 1. The summed E-state index contributed by atoms with van der Waals surface area (Å²) < 4.78 is 11.0. The molecule has 150 valence electrons. The predicted octanol–water partition coefficient (Wildman–Crippen LogP) is 4.07. The summed E-state index contributed by atoms with van der Waals surface area (Å²) in [6.45, 7) is 6.18. The van der Waals surface area contributed by atoms with Gasteiger partial charge in [0.15, 0.2) is 0 Å². The lowest BCUT2D eigenvalue weighted by Crippen LogP contribution is -2.42. The summed E-state index contributed by atoms with van der Waals surface area (Å²) in [5.74, 6) is 0.660. The molecule has 1 aliphatic carbocycles. The molecule has 5 nitrogen and oxygen atoms in total. The molecule has 2 aliphatic rings. The number of benzene rings is 1. The molecule has 1 aliphatic heterocycles. The van der Waals surface area contributed by atoms with E-state index in [1.165, 1.54) is 20.0 Å². The molecule has 0 bridgehead atoms. The van der Waals surface area contributed by atoms with Gasteiger partial charge in [0.2, 0.25) is 0 Å². The second-order valence-corrected chi connectivity index (χ2v) is 7.84. The van der Waals surface area contributed by atoms with E-state index in [9.17, 15) is 10.1 Å². The molecule has 0 amide bonds. The van der Waals surface area contributed by atoms with Crippen molar-refractivity contribution in [2.45, 2.75) is 56.5 Å². The van der Waals surface area contributed by atoms with E-state index in [-0.39, 0.29) is 12.1 Å². The van der Waals surface area contributed by atoms with Gasteiger partial charge in [-0.1, -0.05) is 24.8 Å². The molecule has 28 heavy (non-hydrogen) atoms. The molecule has 0 unspecified atom stereocenters. The summed E-state index contributed by atoms with van der Waals surface area (Å²) in [6, 6.07) is 8.72. The van der Waals surface area contributed by atoms with Crippen molar-refractivity contribution in [2.24, 2.45) is 0 Å². The maximum absolute atomic E-state index is 11.4. The van der Waals surface area contributed by atoms with Gasteiger partial charge in [0, 0.05) is 12.1 Å². The lowest BCUT2D eigenvalue weighted by atomic mass is 9.73. The highest BCUT2D eigenvalue weighted by Crippen LogP contribution is 2.38. The van der Waals surface area contributed by atoms with Crippen LogP contribution in [0.3, 0.4) is 0 Å². The van der Waals surface area contributed by atoms with Gasteiger partial charge < -0.3 is 14.4 Å². The van der Waals surface area contributed by atoms with Crippen LogP contribution in [0.5, 0.6) is 5.75 Å². The topological polar surface area (TPSA) is 62.6 Å². The zero-order valence-electron chi connectivity index (χ0n) is 16.8. The molecule has 1 heterocycles. The van der Waals surface area contributed by atoms with E-state index in [1.54, 1.807) is 0 Å². The Bertz CT molecular complexity index is 739. The van der Waals surface area contributed by atoms with Crippen LogP contribution in [0.2, 0.25) is 0 Å². The van der Waals surface area contributed by atoms with E-state index in [1.807, 2.05) is 18.2 Å². The second-order valence-electron chi connectivity index (χ2n) is 7.84. The third-order valence-corrected chi connectivity index (χ3v) is 6.17. The Kier molecular flexibility index (Phi) is 6.74. The molecule has 1 aromatic carbocycles. The minimum absolute atomic E-state index is 0.189. The van der Waals surface area contributed by atoms with Crippen LogP contribution in [0.4, 0.5) is 0 Å². The molecule has 0 radical (unpaired) electrons. The van der Waals surface area contributed by atoms with Crippen LogP contribution in [-0.2, 0) is 14.9 Å². The van der Waals surface area contributed by atoms with Gasteiger partial charge in [-0.25, -0.2) is 0 Å². The summed E-state index contributed by atoms with van der Waals surface area (Å²) in [5, 5.41) is 10.0. The Morgan fingerprint density at radius 3 is 2.68 bits per heavy atom. The minimum Gasteiger partial charge on any atom is -0.490 e. The van der Waals surface area contributed by atoms with Gasteiger partial charge in [0.1, 0.15) is 5.75 Å². The highest BCUT2D eigenvalue weighted by molar-refractivity contribution is 5.69. The van der Waals surface area contributed by atoms with Crippen molar-refractivity contribution in [1.29, 1.82) is 5.26 Å². The number of esters is 1. The molecule has 2 fully saturated rings. The average Bonchev–Trinajstić information content (AvgIpc) is 3.25. The van der Waals surface area contributed by atoms with Crippen LogP contribution in [0.15, 0.2) is 24.8 Å². The van der Waals surface area contributed by atoms with E-state index >= 15 is 0 Å². The second kappa shape index (κ2) is 9.25. The largest absolute Gasteiger partial charge is 0.490 e. The van der Waals surface area contributed by atoms with E-state index < -0.39 is 5.41 Å². The lowest BCUT2D eigenvalue weighted by Gasteiger charge is -2.37. The molecular formula is C23H30N2O3. The summed E-state index contributed by atoms with van der Waals surface area (Å²) >= 11 is 0. The van der Waals surface area contributed by atoms with E-state index in [0.717, 1.165) is 55.6 Å². The number of hydrogen-bond acceptors (Lipinski definition) is 5. The van der Waals surface area contributed by atoms with Gasteiger partial charge in [0.05, 0.1) is 31.1 Å². The van der Waals surface area contributed by atoms with Gasteiger partial charge in [0.25, 0.3) is 0 Å². The lowest BCUT2D eigenvalue weighted by molar-refractivity contribution is -0.141. The number of rotatable bonds is 7. The van der Waals surface area contributed by atoms with Gasteiger partial charge in [-0.05, 0) is 63.2 Å². The van der Waals surface area contributed by atoms with E-state index in [4.69, 9.17) is 9.47 Å². The van der Waals surface area contributed by atoms with E-state index in [2.05, 4.69) is 23.6 Å². The number of nitriles is 1. The van der Waals surface area contributed by atoms with Crippen LogP contribution in [0, 0.1) is 11.3 Å². The smallest absolute Gasteiger partial charge is 0.306 e. The van der Waals surface area contributed by atoms with Crippen LogP contribution in [-0.4, -0.2) is 43.7 Å². The molecule has 1 saturated carbocycles. The van der Waals surface area contributed by atoms with Crippen LogP contribution >= 0.6 is 0 Å². The van der Waals surface area contributed by atoms with Crippen molar-refractivity contribution in [2.75, 3.05) is 26.7 Å². The van der Waals surface area contributed by atoms with Crippen molar-refractivity contribution < 1.29 is 14.3 Å². The summed E-state index contributed by atoms with van der Waals surface area (Å²) in [4.78, 5) is 13.6. The first-order chi connectivity index (χ1) is 13.6. The van der Waals surface area contributed by atoms with Crippen molar-refractivity contribution in [3.8, 4) is 11.8 Å². The maximum atomic E-state index is 11.4. The number of carbonyl (C=O) groups is 1. The Balaban J connectivity index is 1.72. The number of hydrogen-bond donors (Lipinski definition) is 0. The third-order valence-electron chi connectivity index (χ3n) is 6.17. The van der Waals surface area contributed by atoms with Crippen LogP contribution in [0.25, 0.3) is 6.08 Å². The highest BCUT2D eigenvalue weighted by Gasteiger charge is 2.37. The predicted molar refractivity (Wildman–Crippen MR) is 109 cm³/mol. The Hall–Kier alpha value is -2.32. The van der Waals surface area contributed by atoms with Crippen molar-refractivity contribution in [3.05, 3.63) is 35.9 Å². The molecule has 3 rings (SSSR count). The highest BCUT2D eigenvalue weighted by atomic mass is 16.5. The number of nitrogens with zero attached hydrogens (tertiary/aromatic N) is 2. The molecule has 0 spiro atoms. The standard InChI is InChI=1S/C23H30N2O3/c1-3-18-8-9-19(16-21(18)28-20-6-4-5-7-20)23(17-24)11-14-25(15-12-23)13-10-22(26)27-2/h3,8-9,16,20H,1,4-7,10-15H2,2H3. The van der Waals surface area contributed by atoms with Crippen LogP contribution < -0.4 is 4.74 Å². The summed E-state index contributed by atoms with van der Waals surface area (Å²) in [5.41, 5.74) is 1.51. The molecule has 1 aromatic rings. The normalized spacial score (nSPS) is 19.7. The van der Waals surface area contributed by atoms with E-state index in [0.29, 0.717) is 13.0 Å². The Labute approximate surface area is 167 Å². The number of ether oxygens (including phenoxy) is 2. The summed E-state index contributed by atoms with van der Waals surface area (Å²) in [7, 11) is 1.41. The fourth-order valence-corrected chi connectivity index (χ4v) is 4.26.